The Balaban J connectivity index is 1.73. The number of hydrogen-bond acceptors (Lipinski definition) is 4. The molecule has 41 heavy (non-hydrogen) atoms. The van der Waals surface area contributed by atoms with Crippen LogP contribution in [0.4, 0.5) is 31.1 Å². The number of amides is 3. The quantitative estimate of drug-likeness (QED) is 0.494. The van der Waals surface area contributed by atoms with Gasteiger partial charge in [0.2, 0.25) is 5.91 Å². The zero-order valence-corrected chi connectivity index (χ0v) is 22.6. The minimum Gasteiger partial charge on any atom is -0.395 e. The number of fused-ring (bicyclic) bond motifs is 1. The van der Waals surface area contributed by atoms with Crippen molar-refractivity contribution in [2.45, 2.75) is 50.7 Å². The lowest BCUT2D eigenvalue weighted by Crippen LogP contribution is -2.57. The number of piperazine rings is 1. The molecule has 2 aromatic rings. The molecule has 2 N–H and O–H groups in total. The number of aliphatic hydroxyl groups is 2. The second kappa shape index (κ2) is 10.8. The average molecular weight is 588 g/mol. The van der Waals surface area contributed by atoms with Gasteiger partial charge in [-0.1, -0.05) is 24.3 Å². The zero-order chi connectivity index (χ0) is 30.5. The predicted molar refractivity (Wildman–Crippen MR) is 135 cm³/mol. The Hall–Kier alpha value is -3.32. The van der Waals surface area contributed by atoms with Gasteiger partial charge in [-0.05, 0) is 55.2 Å². The molecule has 2 heterocycles. The Morgan fingerprint density at radius 2 is 1.59 bits per heavy atom. The van der Waals surface area contributed by atoms with Crippen LogP contribution in [-0.4, -0.2) is 76.2 Å². The van der Waals surface area contributed by atoms with Gasteiger partial charge < -0.3 is 24.9 Å². The van der Waals surface area contributed by atoms with E-state index in [1.54, 1.807) is 18.2 Å². The molecule has 2 aliphatic rings. The third kappa shape index (κ3) is 5.49. The van der Waals surface area contributed by atoms with Crippen LogP contribution in [0.1, 0.15) is 53.2 Å². The molecule has 2 aliphatic heterocycles. The van der Waals surface area contributed by atoms with E-state index in [0.717, 1.165) is 10.5 Å². The van der Waals surface area contributed by atoms with Gasteiger partial charge in [0.15, 0.2) is 0 Å². The van der Waals surface area contributed by atoms with Gasteiger partial charge in [0.25, 0.3) is 0 Å². The summed E-state index contributed by atoms with van der Waals surface area (Å²) >= 11 is 0. The van der Waals surface area contributed by atoms with Crippen molar-refractivity contribution in [3.63, 3.8) is 0 Å². The zero-order valence-electron chi connectivity index (χ0n) is 22.6. The second-order valence-electron chi connectivity index (χ2n) is 10.8. The summed E-state index contributed by atoms with van der Waals surface area (Å²) in [5.41, 5.74) is -3.25. The van der Waals surface area contributed by atoms with Crippen LogP contribution in [0.5, 0.6) is 0 Å². The highest BCUT2D eigenvalue weighted by atomic mass is 19.4. The number of aliphatic hydroxyl groups excluding tert-OH is 2. The van der Waals surface area contributed by atoms with Crippen LogP contribution in [0.3, 0.4) is 0 Å². The molecule has 13 heteroatoms. The molecule has 7 nitrogen and oxygen atoms in total. The number of benzene rings is 2. The standard InChI is InChI=1S/C28H31F6N3O4/c1-16-6-4-5-7-21(16)23-22-13-26(14-38,15-39)24(40)36(22)8-9-37(23)25(41)35(3)17(2)18-10-19(27(29,30)31)12-20(11-18)28(32,33)34/h4-7,10-12,17,22-23,38-39H,8-9,13-15H2,1-3H3/t17-,22+,23+/m1/s1. The van der Waals surface area contributed by atoms with Gasteiger partial charge in [0, 0.05) is 20.1 Å². The highest BCUT2D eigenvalue weighted by molar-refractivity contribution is 5.87. The maximum Gasteiger partial charge on any atom is 0.416 e. The van der Waals surface area contributed by atoms with E-state index in [0.29, 0.717) is 17.7 Å². The van der Waals surface area contributed by atoms with Gasteiger partial charge in [-0.15, -0.1) is 0 Å². The minimum absolute atomic E-state index is 0.0143. The third-order valence-corrected chi connectivity index (χ3v) is 8.33. The van der Waals surface area contributed by atoms with Crippen LogP contribution >= 0.6 is 0 Å². The number of halogens is 6. The maximum absolute atomic E-state index is 13.9. The molecule has 0 radical (unpaired) electrons. The Morgan fingerprint density at radius 1 is 1.02 bits per heavy atom. The number of carbonyl (C=O) groups is 2. The number of carbonyl (C=O) groups excluding carboxylic acids is 2. The SMILES string of the molecule is Cc1ccccc1[C@H]1[C@@H]2CC(CO)(CO)C(=O)N2CCN1C(=O)N(C)[C@H](C)c1cc(C(F)(F)F)cc(C(F)(F)F)c1. The summed E-state index contributed by atoms with van der Waals surface area (Å²) in [6, 6.07) is 5.16. The number of alkyl halides is 6. The van der Waals surface area contributed by atoms with Crippen LogP contribution < -0.4 is 0 Å². The van der Waals surface area contributed by atoms with E-state index in [9.17, 15) is 46.1 Å². The molecule has 4 rings (SSSR count). The van der Waals surface area contributed by atoms with Gasteiger partial charge in [-0.25, -0.2) is 4.79 Å². The molecular weight excluding hydrogens is 556 g/mol. The number of hydrogen-bond donors (Lipinski definition) is 2. The molecule has 3 atom stereocenters. The maximum atomic E-state index is 13.9. The fourth-order valence-electron chi connectivity index (χ4n) is 5.80. The summed E-state index contributed by atoms with van der Waals surface area (Å²) in [5, 5.41) is 20.0. The Labute approximate surface area is 233 Å². The van der Waals surface area contributed by atoms with Crippen LogP contribution in [0.25, 0.3) is 0 Å². The summed E-state index contributed by atoms with van der Waals surface area (Å²) in [7, 11) is 1.30. The van der Waals surface area contributed by atoms with Crippen molar-refractivity contribution in [3.05, 3.63) is 70.3 Å². The van der Waals surface area contributed by atoms with Crippen molar-refractivity contribution >= 4 is 11.9 Å². The second-order valence-corrected chi connectivity index (χ2v) is 10.8. The van der Waals surface area contributed by atoms with Crippen molar-refractivity contribution in [1.29, 1.82) is 0 Å². The van der Waals surface area contributed by atoms with Gasteiger partial charge in [-0.2, -0.15) is 26.3 Å². The lowest BCUT2D eigenvalue weighted by Gasteiger charge is -2.47. The predicted octanol–water partition coefficient (Wildman–Crippen LogP) is 4.77. The molecule has 0 aromatic heterocycles. The van der Waals surface area contributed by atoms with E-state index in [1.165, 1.54) is 23.8 Å². The van der Waals surface area contributed by atoms with Gasteiger partial charge >= 0.3 is 18.4 Å². The molecular formula is C28H31F6N3O4. The van der Waals surface area contributed by atoms with Crippen LogP contribution in [0.2, 0.25) is 0 Å². The summed E-state index contributed by atoms with van der Waals surface area (Å²) < 4.78 is 80.9. The highest BCUT2D eigenvalue weighted by Crippen LogP contribution is 2.46. The first-order valence-electron chi connectivity index (χ1n) is 13.0. The molecule has 2 aromatic carbocycles. The molecule has 2 saturated heterocycles. The summed E-state index contributed by atoms with van der Waals surface area (Å²) in [4.78, 5) is 31.2. The number of rotatable bonds is 5. The molecule has 2 fully saturated rings. The molecule has 0 unspecified atom stereocenters. The Bertz CT molecular complexity index is 1280. The summed E-state index contributed by atoms with van der Waals surface area (Å²) in [6.45, 7) is 2.04. The van der Waals surface area contributed by atoms with Crippen molar-refractivity contribution in [3.8, 4) is 0 Å². The smallest absolute Gasteiger partial charge is 0.395 e. The van der Waals surface area contributed by atoms with Crippen molar-refractivity contribution in [1.82, 2.24) is 14.7 Å². The van der Waals surface area contributed by atoms with Crippen molar-refractivity contribution in [2.24, 2.45) is 5.41 Å². The van der Waals surface area contributed by atoms with Crippen LogP contribution in [-0.2, 0) is 17.1 Å². The Morgan fingerprint density at radius 3 is 2.10 bits per heavy atom. The molecule has 0 bridgehead atoms. The molecule has 0 aliphatic carbocycles. The van der Waals surface area contributed by atoms with E-state index in [4.69, 9.17) is 0 Å². The normalized spacial score (nSPS) is 21.6. The lowest BCUT2D eigenvalue weighted by atomic mass is 9.82. The van der Waals surface area contributed by atoms with Crippen LogP contribution in [0.15, 0.2) is 42.5 Å². The third-order valence-electron chi connectivity index (χ3n) is 8.33. The van der Waals surface area contributed by atoms with E-state index in [-0.39, 0.29) is 31.1 Å². The molecule has 0 saturated carbocycles. The first kappa shape index (κ1) is 30.6. The molecule has 3 amide bonds. The van der Waals surface area contributed by atoms with Crippen molar-refractivity contribution < 1.29 is 46.1 Å². The van der Waals surface area contributed by atoms with Crippen molar-refractivity contribution in [2.75, 3.05) is 33.4 Å². The van der Waals surface area contributed by atoms with E-state index in [2.05, 4.69) is 0 Å². The Kier molecular flexibility index (Phi) is 8.09. The van der Waals surface area contributed by atoms with E-state index in [1.807, 2.05) is 13.0 Å². The fourth-order valence-corrected chi connectivity index (χ4v) is 5.80. The largest absolute Gasteiger partial charge is 0.416 e. The summed E-state index contributed by atoms with van der Waals surface area (Å²) in [6.07, 6.45) is -10.0. The van der Waals surface area contributed by atoms with Gasteiger partial charge in [0.1, 0.15) is 0 Å². The topological polar surface area (TPSA) is 84.3 Å². The number of urea groups is 1. The molecule has 0 spiro atoms. The fraction of sp³-hybridized carbons (Fsp3) is 0.500. The number of nitrogens with zero attached hydrogens (tertiary/aromatic N) is 3. The monoisotopic (exact) mass is 587 g/mol. The highest BCUT2D eigenvalue weighted by Gasteiger charge is 2.57. The lowest BCUT2D eigenvalue weighted by molar-refractivity contribution is -0.144. The van der Waals surface area contributed by atoms with E-state index < -0.39 is 72.2 Å². The minimum atomic E-state index is -5.04. The first-order valence-corrected chi connectivity index (χ1v) is 13.0. The average Bonchev–Trinajstić information content (AvgIpc) is 3.22. The van der Waals surface area contributed by atoms with Gasteiger partial charge in [0.05, 0.1) is 47.9 Å². The van der Waals surface area contributed by atoms with Gasteiger partial charge in [-0.3, -0.25) is 4.79 Å². The molecule has 224 valence electrons. The first-order chi connectivity index (χ1) is 19.1. The summed E-state index contributed by atoms with van der Waals surface area (Å²) in [5.74, 6) is -0.441. The van der Waals surface area contributed by atoms with Crippen LogP contribution in [0, 0.1) is 12.3 Å². The number of aryl methyl sites for hydroxylation is 1. The van der Waals surface area contributed by atoms with E-state index >= 15 is 0 Å².